The van der Waals surface area contributed by atoms with Crippen LogP contribution in [0.25, 0.3) is 0 Å². The first-order valence-electron chi connectivity index (χ1n) is 12.6. The SMILES string of the molecule is C=CC(=O)OCOc1ccc(CCc2ccc(OC(=O)c3ccc(OCCCCCC)cc3)cc2)cc1. The first kappa shape index (κ1) is 27.5. The monoisotopic (exact) mass is 502 g/mol. The Morgan fingerprint density at radius 2 is 1.30 bits per heavy atom. The van der Waals surface area contributed by atoms with Crippen LogP contribution in [-0.4, -0.2) is 25.3 Å². The van der Waals surface area contributed by atoms with E-state index in [9.17, 15) is 9.59 Å². The molecule has 0 amide bonds. The highest BCUT2D eigenvalue weighted by molar-refractivity contribution is 5.91. The Hall–Kier alpha value is -4.06. The molecule has 3 rings (SSSR count). The lowest BCUT2D eigenvalue weighted by molar-refractivity contribution is -0.144. The molecule has 6 nitrogen and oxygen atoms in total. The molecule has 0 bridgehead atoms. The summed E-state index contributed by atoms with van der Waals surface area (Å²) in [6, 6.07) is 22.2. The number of benzene rings is 3. The topological polar surface area (TPSA) is 71.1 Å². The fraction of sp³-hybridized carbons (Fsp3) is 0.290. The minimum Gasteiger partial charge on any atom is -0.494 e. The number of rotatable bonds is 15. The van der Waals surface area contributed by atoms with Gasteiger partial charge in [-0.05, 0) is 78.9 Å². The standard InChI is InChI=1S/C31H34O6/c1-3-5-6-7-22-34-27-20-14-26(15-21-27)31(33)37-29-18-12-25(13-19-29)9-8-24-10-16-28(17-11-24)35-23-36-30(32)4-2/h4,10-21H,2-3,5-9,22-23H2,1H3. The predicted octanol–water partition coefficient (Wildman–Crippen LogP) is 6.72. The lowest BCUT2D eigenvalue weighted by Gasteiger charge is -2.09. The van der Waals surface area contributed by atoms with E-state index in [-0.39, 0.29) is 6.79 Å². The molecule has 0 atom stereocenters. The lowest BCUT2D eigenvalue weighted by Crippen LogP contribution is -2.08. The van der Waals surface area contributed by atoms with Crippen LogP contribution in [-0.2, 0) is 22.4 Å². The second-order valence-corrected chi connectivity index (χ2v) is 8.54. The molecule has 0 spiro atoms. The zero-order chi connectivity index (χ0) is 26.3. The van der Waals surface area contributed by atoms with Gasteiger partial charge in [0.25, 0.3) is 0 Å². The van der Waals surface area contributed by atoms with E-state index in [0.29, 0.717) is 23.7 Å². The lowest BCUT2D eigenvalue weighted by atomic mass is 10.0. The van der Waals surface area contributed by atoms with Crippen molar-refractivity contribution in [2.45, 2.75) is 45.4 Å². The van der Waals surface area contributed by atoms with Crippen molar-refractivity contribution in [2.75, 3.05) is 13.4 Å². The van der Waals surface area contributed by atoms with E-state index < -0.39 is 11.9 Å². The summed E-state index contributed by atoms with van der Waals surface area (Å²) in [7, 11) is 0. The minimum atomic E-state index is -0.523. The van der Waals surface area contributed by atoms with E-state index in [4.69, 9.17) is 18.9 Å². The number of esters is 2. The molecular formula is C31H34O6. The quantitative estimate of drug-likeness (QED) is 0.0756. The summed E-state index contributed by atoms with van der Waals surface area (Å²) in [6.07, 6.45) is 7.39. The maximum absolute atomic E-state index is 12.5. The molecule has 0 aliphatic rings. The molecule has 3 aromatic carbocycles. The normalized spacial score (nSPS) is 10.4. The summed E-state index contributed by atoms with van der Waals surface area (Å²) in [5, 5.41) is 0. The average Bonchev–Trinajstić information content (AvgIpc) is 2.93. The molecule has 0 fully saturated rings. The van der Waals surface area contributed by atoms with Gasteiger partial charge in [0.05, 0.1) is 12.2 Å². The largest absolute Gasteiger partial charge is 0.494 e. The van der Waals surface area contributed by atoms with Crippen LogP contribution in [0.5, 0.6) is 17.2 Å². The third-order valence-corrected chi connectivity index (χ3v) is 5.71. The van der Waals surface area contributed by atoms with Gasteiger partial charge in [0.15, 0.2) is 0 Å². The molecule has 194 valence electrons. The Morgan fingerprint density at radius 3 is 1.89 bits per heavy atom. The molecule has 0 N–H and O–H groups in total. The highest BCUT2D eigenvalue weighted by Crippen LogP contribution is 2.19. The number of carbonyl (C=O) groups excluding carboxylic acids is 2. The molecule has 0 radical (unpaired) electrons. The number of aryl methyl sites for hydroxylation is 2. The molecule has 0 aliphatic carbocycles. The van der Waals surface area contributed by atoms with Gasteiger partial charge in [0.1, 0.15) is 17.2 Å². The Labute approximate surface area is 218 Å². The molecule has 0 heterocycles. The van der Waals surface area contributed by atoms with Crippen molar-refractivity contribution in [2.24, 2.45) is 0 Å². The van der Waals surface area contributed by atoms with Crippen molar-refractivity contribution in [3.8, 4) is 17.2 Å². The van der Waals surface area contributed by atoms with Crippen LogP contribution >= 0.6 is 0 Å². The van der Waals surface area contributed by atoms with E-state index in [0.717, 1.165) is 42.2 Å². The van der Waals surface area contributed by atoms with Crippen molar-refractivity contribution >= 4 is 11.9 Å². The molecule has 0 aliphatic heterocycles. The fourth-order valence-electron chi connectivity index (χ4n) is 3.55. The predicted molar refractivity (Wildman–Crippen MR) is 143 cm³/mol. The van der Waals surface area contributed by atoms with Gasteiger partial charge < -0.3 is 18.9 Å². The third-order valence-electron chi connectivity index (χ3n) is 5.71. The summed E-state index contributed by atoms with van der Waals surface area (Å²) < 4.78 is 21.4. The average molecular weight is 503 g/mol. The summed E-state index contributed by atoms with van der Waals surface area (Å²) in [5.41, 5.74) is 2.77. The van der Waals surface area contributed by atoms with Crippen molar-refractivity contribution in [3.63, 3.8) is 0 Å². The molecule has 0 unspecified atom stereocenters. The number of hydrogen-bond donors (Lipinski definition) is 0. The van der Waals surface area contributed by atoms with Crippen LogP contribution < -0.4 is 14.2 Å². The number of carbonyl (C=O) groups is 2. The number of hydrogen-bond acceptors (Lipinski definition) is 6. The van der Waals surface area contributed by atoms with Gasteiger partial charge >= 0.3 is 11.9 Å². The zero-order valence-corrected chi connectivity index (χ0v) is 21.3. The molecule has 3 aromatic rings. The highest BCUT2D eigenvalue weighted by Gasteiger charge is 2.09. The molecular weight excluding hydrogens is 468 g/mol. The van der Waals surface area contributed by atoms with Crippen LogP contribution in [0.4, 0.5) is 0 Å². The minimum absolute atomic E-state index is 0.153. The Kier molecular flexibility index (Phi) is 11.3. The molecule has 37 heavy (non-hydrogen) atoms. The zero-order valence-electron chi connectivity index (χ0n) is 21.3. The smallest absolute Gasteiger partial charge is 0.343 e. The number of ether oxygens (including phenoxy) is 4. The van der Waals surface area contributed by atoms with Crippen LogP contribution in [0, 0.1) is 0 Å². The maximum atomic E-state index is 12.5. The summed E-state index contributed by atoms with van der Waals surface area (Å²) in [5.74, 6) is 0.961. The first-order valence-corrected chi connectivity index (χ1v) is 12.6. The van der Waals surface area contributed by atoms with E-state index in [2.05, 4.69) is 13.5 Å². The van der Waals surface area contributed by atoms with Crippen molar-refractivity contribution < 1.29 is 28.5 Å². The van der Waals surface area contributed by atoms with E-state index in [1.54, 1.807) is 24.3 Å². The molecule has 0 saturated carbocycles. The summed E-state index contributed by atoms with van der Waals surface area (Å²) in [6.45, 7) is 6.05. The van der Waals surface area contributed by atoms with Crippen LogP contribution in [0.15, 0.2) is 85.5 Å². The van der Waals surface area contributed by atoms with Crippen LogP contribution in [0.3, 0.4) is 0 Å². The molecule has 6 heteroatoms. The summed E-state index contributed by atoms with van der Waals surface area (Å²) in [4.78, 5) is 23.5. The maximum Gasteiger partial charge on any atom is 0.343 e. The fourth-order valence-corrected chi connectivity index (χ4v) is 3.55. The second-order valence-electron chi connectivity index (χ2n) is 8.54. The van der Waals surface area contributed by atoms with Gasteiger partial charge in [-0.1, -0.05) is 57.0 Å². The van der Waals surface area contributed by atoms with Gasteiger partial charge in [0.2, 0.25) is 6.79 Å². The van der Waals surface area contributed by atoms with E-state index in [1.807, 2.05) is 48.5 Å². The van der Waals surface area contributed by atoms with Gasteiger partial charge in [-0.25, -0.2) is 9.59 Å². The van der Waals surface area contributed by atoms with Crippen molar-refractivity contribution in [3.05, 3.63) is 102 Å². The van der Waals surface area contributed by atoms with Crippen molar-refractivity contribution in [1.82, 2.24) is 0 Å². The Balaban J connectivity index is 1.41. The highest BCUT2D eigenvalue weighted by atomic mass is 16.7. The Morgan fingerprint density at radius 1 is 0.730 bits per heavy atom. The second kappa shape index (κ2) is 15.1. The summed E-state index contributed by atoms with van der Waals surface area (Å²) >= 11 is 0. The van der Waals surface area contributed by atoms with Gasteiger partial charge in [-0.3, -0.25) is 0 Å². The first-order chi connectivity index (χ1) is 18.1. The third kappa shape index (κ3) is 9.84. The van der Waals surface area contributed by atoms with Crippen LogP contribution in [0.1, 0.15) is 54.1 Å². The Bertz CT molecular complexity index is 1120. The van der Waals surface area contributed by atoms with Gasteiger partial charge in [0, 0.05) is 6.08 Å². The molecule has 0 aromatic heterocycles. The van der Waals surface area contributed by atoms with Gasteiger partial charge in [-0.2, -0.15) is 0 Å². The number of unbranched alkanes of at least 4 members (excludes halogenated alkanes) is 3. The van der Waals surface area contributed by atoms with Crippen LogP contribution in [0.2, 0.25) is 0 Å². The van der Waals surface area contributed by atoms with E-state index >= 15 is 0 Å². The molecule has 0 saturated heterocycles. The van der Waals surface area contributed by atoms with E-state index in [1.165, 1.54) is 19.3 Å². The van der Waals surface area contributed by atoms with Gasteiger partial charge in [-0.15, -0.1) is 0 Å². The van der Waals surface area contributed by atoms with Crippen molar-refractivity contribution in [1.29, 1.82) is 0 Å².